The van der Waals surface area contributed by atoms with Gasteiger partial charge in [0.15, 0.2) is 0 Å². The van der Waals surface area contributed by atoms with Crippen molar-refractivity contribution in [2.75, 3.05) is 0 Å². The molecule has 0 aliphatic heterocycles. The summed E-state index contributed by atoms with van der Waals surface area (Å²) in [5, 5.41) is 7.97. The van der Waals surface area contributed by atoms with Crippen molar-refractivity contribution in [1.82, 2.24) is 14.9 Å². The Morgan fingerprint density at radius 2 is 1.09 bits per heavy atom. The van der Waals surface area contributed by atoms with Crippen LogP contribution in [-0.4, -0.2) is 14.9 Å². The predicted octanol–water partition coefficient (Wildman–Crippen LogP) is 6.58. The fourth-order valence-electron chi connectivity index (χ4n) is 4.78. The first-order valence-electron chi connectivity index (χ1n) is 11.0. The maximum atomic E-state index is 4.57. The van der Waals surface area contributed by atoms with Gasteiger partial charge < -0.3 is 0 Å². The van der Waals surface area contributed by atoms with Gasteiger partial charge in [-0.05, 0) is 62.1 Å². The molecule has 0 atom stereocenters. The Bertz CT molecular complexity index is 1440. The van der Waals surface area contributed by atoms with Crippen LogP contribution in [0.25, 0.3) is 32.3 Å². The van der Waals surface area contributed by atoms with Crippen LogP contribution < -0.4 is 0 Å². The fraction of sp³-hybridized carbons (Fsp3) is 0.103. The summed E-state index contributed by atoms with van der Waals surface area (Å²) in [6, 6.07) is 32.4. The summed E-state index contributed by atoms with van der Waals surface area (Å²) in [5.74, 6) is 0. The number of benzene rings is 4. The Kier molecular flexibility index (Phi) is 4.74. The van der Waals surface area contributed by atoms with Crippen LogP contribution in [0, 0.1) is 0 Å². The lowest BCUT2D eigenvalue weighted by Gasteiger charge is -2.23. The summed E-state index contributed by atoms with van der Waals surface area (Å²) < 4.78 is 0. The van der Waals surface area contributed by atoms with Crippen LogP contribution in [0.5, 0.6) is 0 Å². The lowest BCUT2D eigenvalue weighted by Crippen LogP contribution is -2.23. The van der Waals surface area contributed by atoms with Gasteiger partial charge in [0, 0.05) is 32.0 Å². The predicted molar refractivity (Wildman–Crippen MR) is 132 cm³/mol. The summed E-state index contributed by atoms with van der Waals surface area (Å²) in [7, 11) is 0. The van der Waals surface area contributed by atoms with Crippen molar-refractivity contribution in [2.45, 2.75) is 19.6 Å². The molecule has 154 valence electrons. The van der Waals surface area contributed by atoms with Crippen molar-refractivity contribution < 1.29 is 0 Å². The Morgan fingerprint density at radius 1 is 0.500 bits per heavy atom. The average Bonchev–Trinajstić information content (AvgIpc) is 2.85. The first-order chi connectivity index (χ1) is 15.8. The van der Waals surface area contributed by atoms with Gasteiger partial charge in [0.25, 0.3) is 0 Å². The zero-order chi connectivity index (χ0) is 21.3. The van der Waals surface area contributed by atoms with Gasteiger partial charge in [0.1, 0.15) is 0 Å². The zero-order valence-electron chi connectivity index (χ0n) is 17.8. The van der Waals surface area contributed by atoms with E-state index in [0.29, 0.717) is 0 Å². The average molecular weight is 414 g/mol. The number of hydrogen-bond acceptors (Lipinski definition) is 3. The van der Waals surface area contributed by atoms with E-state index in [9.17, 15) is 0 Å². The minimum absolute atomic E-state index is 0.777. The molecule has 4 aromatic carbocycles. The molecule has 0 bridgehead atoms. The number of nitrogens with zero attached hydrogens (tertiary/aromatic N) is 3. The van der Waals surface area contributed by atoms with Crippen LogP contribution in [0.4, 0.5) is 0 Å². The Hall–Kier alpha value is -3.82. The molecule has 6 rings (SSSR count). The van der Waals surface area contributed by atoms with Crippen molar-refractivity contribution in [2.24, 2.45) is 0 Å². The van der Waals surface area contributed by atoms with E-state index in [-0.39, 0.29) is 0 Å². The lowest BCUT2D eigenvalue weighted by molar-refractivity contribution is 0.242. The molecule has 32 heavy (non-hydrogen) atoms. The van der Waals surface area contributed by atoms with E-state index in [0.717, 1.165) is 31.0 Å². The summed E-state index contributed by atoms with van der Waals surface area (Å²) in [6.45, 7) is 2.39. The number of hydrogen-bond donors (Lipinski definition) is 0. The normalized spacial score (nSPS) is 11.8. The molecule has 2 aromatic heterocycles. The second-order valence-electron chi connectivity index (χ2n) is 8.37. The number of pyridine rings is 2. The van der Waals surface area contributed by atoms with E-state index in [1.165, 1.54) is 37.9 Å². The van der Waals surface area contributed by atoms with E-state index >= 15 is 0 Å². The van der Waals surface area contributed by atoms with Crippen LogP contribution >= 0.6 is 0 Å². The van der Waals surface area contributed by atoms with Crippen molar-refractivity contribution in [3.05, 3.63) is 120 Å². The molecule has 3 nitrogen and oxygen atoms in total. The molecular weight excluding hydrogens is 390 g/mol. The second kappa shape index (κ2) is 8.03. The van der Waals surface area contributed by atoms with E-state index in [2.05, 4.69) is 93.7 Å². The molecule has 0 unspecified atom stereocenters. The minimum atomic E-state index is 0.777. The highest BCUT2D eigenvalue weighted by atomic mass is 15.1. The summed E-state index contributed by atoms with van der Waals surface area (Å²) >= 11 is 0. The van der Waals surface area contributed by atoms with Crippen molar-refractivity contribution >= 4 is 32.3 Å². The largest absolute Gasteiger partial charge is 0.287 e. The van der Waals surface area contributed by atoms with Gasteiger partial charge in [-0.1, -0.05) is 66.7 Å². The molecular formula is C29H23N3. The van der Waals surface area contributed by atoms with Crippen LogP contribution in [-0.2, 0) is 19.6 Å². The topological polar surface area (TPSA) is 29.0 Å². The number of aromatic nitrogens is 2. The molecule has 0 fully saturated rings. The van der Waals surface area contributed by atoms with Gasteiger partial charge in [-0.3, -0.25) is 14.9 Å². The summed E-state index contributed by atoms with van der Waals surface area (Å²) in [5.41, 5.74) is 3.48. The van der Waals surface area contributed by atoms with E-state index < -0.39 is 0 Å². The van der Waals surface area contributed by atoms with Crippen LogP contribution in [0.3, 0.4) is 0 Å². The quantitative estimate of drug-likeness (QED) is 0.289. The van der Waals surface area contributed by atoms with Crippen molar-refractivity contribution in [3.8, 4) is 0 Å². The molecule has 0 saturated carbocycles. The standard InChI is InChI=1S/C29H23N3/c1-3-16-30-25(8-1)19-32(20-26-9-2-4-17-31-26)18-24-13-12-23-11-10-21-6-5-7-22-14-15-27(24)29(23)28(21)22/h1-17H,18-20H2. The van der Waals surface area contributed by atoms with Gasteiger partial charge in [-0.25, -0.2) is 0 Å². The van der Waals surface area contributed by atoms with Crippen LogP contribution in [0.1, 0.15) is 17.0 Å². The lowest BCUT2D eigenvalue weighted by atomic mass is 9.92. The molecule has 0 N–H and O–H groups in total. The first kappa shape index (κ1) is 18.9. The Balaban J connectivity index is 1.44. The van der Waals surface area contributed by atoms with E-state index in [1.54, 1.807) is 0 Å². The van der Waals surface area contributed by atoms with Crippen LogP contribution in [0.2, 0.25) is 0 Å². The number of rotatable bonds is 6. The van der Waals surface area contributed by atoms with E-state index in [4.69, 9.17) is 0 Å². The molecule has 3 heteroatoms. The first-order valence-corrected chi connectivity index (χ1v) is 11.0. The van der Waals surface area contributed by atoms with Gasteiger partial charge >= 0.3 is 0 Å². The molecule has 2 heterocycles. The Labute approximate surface area is 187 Å². The maximum Gasteiger partial charge on any atom is 0.0544 e. The van der Waals surface area contributed by atoms with Gasteiger partial charge in [0.2, 0.25) is 0 Å². The molecule has 0 aliphatic carbocycles. The van der Waals surface area contributed by atoms with Gasteiger partial charge in [-0.15, -0.1) is 0 Å². The molecule has 6 aromatic rings. The van der Waals surface area contributed by atoms with Gasteiger partial charge in [0.05, 0.1) is 11.4 Å². The second-order valence-corrected chi connectivity index (χ2v) is 8.37. The maximum absolute atomic E-state index is 4.57. The molecule has 0 aliphatic rings. The summed E-state index contributed by atoms with van der Waals surface area (Å²) in [4.78, 5) is 11.6. The molecule has 0 spiro atoms. The molecule has 0 saturated heterocycles. The smallest absolute Gasteiger partial charge is 0.0544 e. The molecule has 0 radical (unpaired) electrons. The van der Waals surface area contributed by atoms with E-state index in [1.807, 2.05) is 24.5 Å². The van der Waals surface area contributed by atoms with Crippen LogP contribution in [0.15, 0.2) is 103 Å². The highest BCUT2D eigenvalue weighted by Gasteiger charge is 2.15. The SMILES string of the molecule is c1ccc(CN(Cc2ccccn2)Cc2ccc3ccc4cccc5ccc2c3c45)nc1. The third-order valence-electron chi connectivity index (χ3n) is 6.24. The van der Waals surface area contributed by atoms with Crippen molar-refractivity contribution in [1.29, 1.82) is 0 Å². The minimum Gasteiger partial charge on any atom is -0.287 e. The van der Waals surface area contributed by atoms with Gasteiger partial charge in [-0.2, -0.15) is 0 Å². The summed E-state index contributed by atoms with van der Waals surface area (Å²) in [6.07, 6.45) is 3.73. The third-order valence-corrected chi connectivity index (χ3v) is 6.24. The van der Waals surface area contributed by atoms with Crippen molar-refractivity contribution in [3.63, 3.8) is 0 Å². The highest BCUT2D eigenvalue weighted by Crippen LogP contribution is 2.36. The molecule has 0 amide bonds. The zero-order valence-corrected chi connectivity index (χ0v) is 17.8. The fourth-order valence-corrected chi connectivity index (χ4v) is 4.78. The highest BCUT2D eigenvalue weighted by molar-refractivity contribution is 6.23. The Morgan fingerprint density at radius 3 is 1.72 bits per heavy atom. The third kappa shape index (κ3) is 3.47. The monoisotopic (exact) mass is 413 g/mol.